The molecule has 1 aliphatic heterocycles. The fourth-order valence-corrected chi connectivity index (χ4v) is 4.01. The van der Waals surface area contributed by atoms with Crippen LogP contribution >= 0.6 is 0 Å². The minimum absolute atomic E-state index is 0.229. The molecule has 5 heteroatoms. The van der Waals surface area contributed by atoms with Crippen LogP contribution in [0.1, 0.15) is 41.9 Å². The van der Waals surface area contributed by atoms with Crippen molar-refractivity contribution >= 4 is 0 Å². The largest absolute Gasteiger partial charge is 0.392 e. The highest BCUT2D eigenvalue weighted by Crippen LogP contribution is 2.23. The molecule has 25 heavy (non-hydrogen) atoms. The molecule has 0 aliphatic carbocycles. The topological polar surface area (TPSA) is 53.3 Å². The molecular weight excluding hydrogens is 312 g/mol. The fraction of sp³-hybridized carbons (Fsp3) is 0.550. The smallest absolute Gasteiger partial charge is 0.0682 e. The number of aliphatic hydroxyl groups is 1. The van der Waals surface area contributed by atoms with Crippen LogP contribution in [0.15, 0.2) is 30.3 Å². The molecule has 1 fully saturated rings. The van der Waals surface area contributed by atoms with Gasteiger partial charge >= 0.3 is 0 Å². The lowest BCUT2D eigenvalue weighted by Crippen LogP contribution is -2.38. The van der Waals surface area contributed by atoms with Crippen LogP contribution in [0.2, 0.25) is 0 Å². The Labute approximate surface area is 150 Å². The molecule has 2 N–H and O–H groups in total. The number of aliphatic hydroxyl groups excluding tert-OH is 1. The third-order valence-corrected chi connectivity index (χ3v) is 5.39. The van der Waals surface area contributed by atoms with Crippen molar-refractivity contribution in [2.45, 2.75) is 51.9 Å². The molecule has 136 valence electrons. The van der Waals surface area contributed by atoms with Crippen molar-refractivity contribution in [2.75, 3.05) is 13.1 Å². The quantitative estimate of drug-likeness (QED) is 0.846. The van der Waals surface area contributed by atoms with Crippen LogP contribution < -0.4 is 5.32 Å². The molecule has 1 aliphatic rings. The SMILES string of the molecule is Cc1nn(C)c(C)c1C(C)NCC1CC(O)CN1Cc1ccccc1. The zero-order valence-electron chi connectivity index (χ0n) is 15.7. The van der Waals surface area contributed by atoms with E-state index in [1.54, 1.807) is 0 Å². The standard InChI is InChI=1S/C20H30N4O/c1-14(20-15(2)22-23(4)16(20)3)21-11-18-10-19(25)13-24(18)12-17-8-6-5-7-9-17/h5-9,14,18-19,21,25H,10-13H2,1-4H3. The summed E-state index contributed by atoms with van der Waals surface area (Å²) in [5, 5.41) is 18.3. The summed E-state index contributed by atoms with van der Waals surface area (Å²) in [6, 6.07) is 11.1. The minimum Gasteiger partial charge on any atom is -0.392 e. The Bertz CT molecular complexity index is 697. The third-order valence-electron chi connectivity index (χ3n) is 5.39. The Hall–Kier alpha value is -1.69. The van der Waals surface area contributed by atoms with E-state index in [1.165, 1.54) is 16.8 Å². The summed E-state index contributed by atoms with van der Waals surface area (Å²) in [5.41, 5.74) is 4.89. The normalized spacial score (nSPS) is 22.4. The molecular formula is C20H30N4O. The Balaban J connectivity index is 1.62. The minimum atomic E-state index is -0.229. The zero-order chi connectivity index (χ0) is 18.0. The molecule has 1 aromatic heterocycles. The van der Waals surface area contributed by atoms with Crippen LogP contribution in [0.4, 0.5) is 0 Å². The second kappa shape index (κ2) is 7.68. The van der Waals surface area contributed by atoms with E-state index in [-0.39, 0.29) is 12.1 Å². The van der Waals surface area contributed by atoms with E-state index in [9.17, 15) is 5.11 Å². The highest BCUT2D eigenvalue weighted by Gasteiger charge is 2.31. The molecule has 0 bridgehead atoms. The molecule has 0 radical (unpaired) electrons. The highest BCUT2D eigenvalue weighted by atomic mass is 16.3. The van der Waals surface area contributed by atoms with Gasteiger partial charge in [-0.05, 0) is 32.8 Å². The highest BCUT2D eigenvalue weighted by molar-refractivity contribution is 5.27. The molecule has 1 aromatic carbocycles. The summed E-state index contributed by atoms with van der Waals surface area (Å²) >= 11 is 0. The van der Waals surface area contributed by atoms with Gasteiger partial charge < -0.3 is 10.4 Å². The number of nitrogens with one attached hydrogen (secondary N) is 1. The van der Waals surface area contributed by atoms with Gasteiger partial charge in [-0.2, -0.15) is 5.10 Å². The lowest BCUT2D eigenvalue weighted by molar-refractivity contribution is 0.172. The molecule has 3 rings (SSSR count). The molecule has 1 saturated heterocycles. The number of aromatic nitrogens is 2. The molecule has 0 amide bonds. The first-order valence-corrected chi connectivity index (χ1v) is 9.15. The maximum Gasteiger partial charge on any atom is 0.0682 e. The summed E-state index contributed by atoms with van der Waals surface area (Å²) in [7, 11) is 1.99. The maximum atomic E-state index is 10.1. The first-order valence-electron chi connectivity index (χ1n) is 9.15. The molecule has 2 heterocycles. The average Bonchev–Trinajstić information content (AvgIpc) is 3.05. The van der Waals surface area contributed by atoms with E-state index in [0.717, 1.165) is 31.7 Å². The second-order valence-corrected chi connectivity index (χ2v) is 7.30. The van der Waals surface area contributed by atoms with Gasteiger partial charge in [-0.25, -0.2) is 0 Å². The van der Waals surface area contributed by atoms with E-state index in [1.807, 2.05) is 17.8 Å². The molecule has 3 atom stereocenters. The predicted octanol–water partition coefficient (Wildman–Crippen LogP) is 2.32. The van der Waals surface area contributed by atoms with Gasteiger partial charge in [-0.3, -0.25) is 9.58 Å². The lowest BCUT2D eigenvalue weighted by Gasteiger charge is -2.26. The Morgan fingerprint density at radius 1 is 1.28 bits per heavy atom. The summed E-state index contributed by atoms with van der Waals surface area (Å²) in [4.78, 5) is 2.39. The van der Waals surface area contributed by atoms with Gasteiger partial charge in [0.05, 0.1) is 11.8 Å². The van der Waals surface area contributed by atoms with E-state index in [2.05, 4.69) is 60.4 Å². The monoisotopic (exact) mass is 342 g/mol. The Morgan fingerprint density at radius 2 is 2.00 bits per heavy atom. The zero-order valence-corrected chi connectivity index (χ0v) is 15.7. The first kappa shape index (κ1) is 18.1. The summed E-state index contributed by atoms with van der Waals surface area (Å²) in [5.74, 6) is 0. The van der Waals surface area contributed by atoms with Crippen molar-refractivity contribution in [3.63, 3.8) is 0 Å². The van der Waals surface area contributed by atoms with E-state index < -0.39 is 0 Å². The number of benzene rings is 1. The van der Waals surface area contributed by atoms with Crippen LogP contribution in [0.3, 0.4) is 0 Å². The van der Waals surface area contributed by atoms with Gasteiger partial charge in [-0.15, -0.1) is 0 Å². The number of rotatable bonds is 6. The van der Waals surface area contributed by atoms with Crippen LogP contribution in [0.25, 0.3) is 0 Å². The number of likely N-dealkylation sites (tertiary alicyclic amines) is 1. The van der Waals surface area contributed by atoms with Crippen LogP contribution in [0.5, 0.6) is 0 Å². The van der Waals surface area contributed by atoms with Crippen LogP contribution in [-0.4, -0.2) is 45.0 Å². The molecule has 0 spiro atoms. The number of hydrogen-bond acceptors (Lipinski definition) is 4. The summed E-state index contributed by atoms with van der Waals surface area (Å²) < 4.78 is 1.95. The second-order valence-electron chi connectivity index (χ2n) is 7.30. The fourth-order valence-electron chi connectivity index (χ4n) is 4.01. The van der Waals surface area contributed by atoms with Gasteiger partial charge in [0, 0.05) is 50.0 Å². The summed E-state index contributed by atoms with van der Waals surface area (Å²) in [6.07, 6.45) is 0.602. The van der Waals surface area contributed by atoms with Gasteiger partial charge in [0.25, 0.3) is 0 Å². The number of nitrogens with zero attached hydrogens (tertiary/aromatic N) is 3. The summed E-state index contributed by atoms with van der Waals surface area (Å²) in [6.45, 7) is 8.91. The van der Waals surface area contributed by atoms with E-state index in [4.69, 9.17) is 0 Å². The lowest BCUT2D eigenvalue weighted by atomic mass is 10.1. The average molecular weight is 342 g/mol. The van der Waals surface area contributed by atoms with Gasteiger partial charge in [0.15, 0.2) is 0 Å². The van der Waals surface area contributed by atoms with E-state index >= 15 is 0 Å². The number of β-amino-alcohol motifs (C(OH)–C–C–N with tert-alkyl or cyclic N) is 1. The Morgan fingerprint density at radius 3 is 2.64 bits per heavy atom. The number of aryl methyl sites for hydroxylation is 2. The first-order chi connectivity index (χ1) is 12.0. The van der Waals surface area contributed by atoms with Gasteiger partial charge in [0.2, 0.25) is 0 Å². The van der Waals surface area contributed by atoms with Crippen LogP contribution in [0, 0.1) is 13.8 Å². The van der Waals surface area contributed by atoms with Crippen molar-refractivity contribution in [3.05, 3.63) is 52.8 Å². The van der Waals surface area contributed by atoms with Crippen molar-refractivity contribution < 1.29 is 5.11 Å². The molecule has 3 unspecified atom stereocenters. The molecule has 2 aromatic rings. The third kappa shape index (κ3) is 4.11. The van der Waals surface area contributed by atoms with Crippen molar-refractivity contribution in [2.24, 2.45) is 7.05 Å². The van der Waals surface area contributed by atoms with Crippen molar-refractivity contribution in [1.82, 2.24) is 20.0 Å². The van der Waals surface area contributed by atoms with Crippen LogP contribution in [-0.2, 0) is 13.6 Å². The predicted molar refractivity (Wildman–Crippen MR) is 100 cm³/mol. The number of hydrogen-bond donors (Lipinski definition) is 2. The van der Waals surface area contributed by atoms with Gasteiger partial charge in [-0.1, -0.05) is 30.3 Å². The maximum absolute atomic E-state index is 10.1. The Kier molecular flexibility index (Phi) is 5.57. The molecule has 5 nitrogen and oxygen atoms in total. The van der Waals surface area contributed by atoms with Crippen molar-refractivity contribution in [1.29, 1.82) is 0 Å². The van der Waals surface area contributed by atoms with Gasteiger partial charge in [0.1, 0.15) is 0 Å². The molecule has 0 saturated carbocycles. The van der Waals surface area contributed by atoms with Crippen molar-refractivity contribution in [3.8, 4) is 0 Å². The van der Waals surface area contributed by atoms with E-state index in [0.29, 0.717) is 6.04 Å².